The first-order valence-electron chi connectivity index (χ1n) is 10.2. The number of esters is 1. The zero-order valence-corrected chi connectivity index (χ0v) is 19.4. The van der Waals surface area contributed by atoms with E-state index >= 15 is 0 Å². The van der Waals surface area contributed by atoms with Gasteiger partial charge in [0.15, 0.2) is 6.10 Å². The fourth-order valence-corrected chi connectivity index (χ4v) is 4.03. The Kier molecular flexibility index (Phi) is 7.72. The maximum atomic E-state index is 12.6. The lowest BCUT2D eigenvalue weighted by Crippen LogP contribution is -2.41. The Morgan fingerprint density at radius 3 is 2.18 bits per heavy atom. The first-order chi connectivity index (χ1) is 15.5. The van der Waals surface area contributed by atoms with Crippen molar-refractivity contribution in [2.75, 3.05) is 18.4 Å². The zero-order valence-electron chi connectivity index (χ0n) is 17.9. The molecule has 9 nitrogen and oxygen atoms in total. The van der Waals surface area contributed by atoms with Crippen molar-refractivity contribution in [1.82, 2.24) is 4.90 Å². The van der Waals surface area contributed by atoms with Gasteiger partial charge in [-0.2, -0.15) is 0 Å². The largest absolute Gasteiger partial charge is 0.452 e. The number of carbonyl (C=O) groups is 3. The van der Waals surface area contributed by atoms with Crippen LogP contribution in [0, 0.1) is 5.92 Å². The molecule has 0 spiro atoms. The maximum Gasteiger partial charge on any atom is 0.309 e. The van der Waals surface area contributed by atoms with Gasteiger partial charge in [0.2, 0.25) is 10.0 Å². The van der Waals surface area contributed by atoms with Crippen LogP contribution in [0.5, 0.6) is 0 Å². The number of rotatable bonds is 6. The van der Waals surface area contributed by atoms with E-state index in [1.54, 1.807) is 29.2 Å². The van der Waals surface area contributed by atoms with Crippen molar-refractivity contribution < 1.29 is 27.5 Å². The number of anilines is 1. The average molecular weight is 494 g/mol. The normalized spacial score (nSPS) is 15.5. The summed E-state index contributed by atoms with van der Waals surface area (Å²) < 4.78 is 27.9. The van der Waals surface area contributed by atoms with E-state index in [0.29, 0.717) is 42.2 Å². The standard InChI is InChI=1S/C22H24ClN3O6S/c1-14(20(27)25-18-6-8-19(9-7-18)33(24,30)31)32-22(29)16-10-12-26(13-11-16)21(28)15-2-4-17(23)5-3-15/h2-9,14,16H,10-13H2,1H3,(H,25,27)(H2,24,30,31). The molecule has 2 aromatic carbocycles. The van der Waals surface area contributed by atoms with Crippen LogP contribution in [-0.2, 0) is 24.3 Å². The number of nitrogens with zero attached hydrogens (tertiary/aromatic N) is 1. The Labute approximate surface area is 196 Å². The summed E-state index contributed by atoms with van der Waals surface area (Å²) in [6.07, 6.45) is -0.188. The van der Waals surface area contributed by atoms with E-state index in [0.717, 1.165) is 0 Å². The molecule has 33 heavy (non-hydrogen) atoms. The van der Waals surface area contributed by atoms with E-state index in [2.05, 4.69) is 5.32 Å². The summed E-state index contributed by atoms with van der Waals surface area (Å²) in [5.41, 5.74) is 0.868. The molecule has 1 aliphatic heterocycles. The number of hydrogen-bond donors (Lipinski definition) is 2. The van der Waals surface area contributed by atoms with E-state index in [1.165, 1.54) is 31.2 Å². The molecule has 0 saturated carbocycles. The minimum Gasteiger partial charge on any atom is -0.452 e. The van der Waals surface area contributed by atoms with Crippen LogP contribution in [0.1, 0.15) is 30.1 Å². The number of primary sulfonamides is 1. The van der Waals surface area contributed by atoms with Gasteiger partial charge in [0, 0.05) is 29.4 Å². The highest BCUT2D eigenvalue weighted by atomic mass is 35.5. The third-order valence-corrected chi connectivity index (χ3v) is 6.50. The molecule has 0 aliphatic carbocycles. The van der Waals surface area contributed by atoms with Crippen LogP contribution in [0.15, 0.2) is 53.4 Å². The highest BCUT2D eigenvalue weighted by Crippen LogP contribution is 2.22. The summed E-state index contributed by atoms with van der Waals surface area (Å²) in [4.78, 5) is 39.0. The van der Waals surface area contributed by atoms with Crippen LogP contribution in [-0.4, -0.2) is 50.3 Å². The van der Waals surface area contributed by atoms with Gasteiger partial charge in [0.1, 0.15) is 0 Å². The van der Waals surface area contributed by atoms with Crippen molar-refractivity contribution >= 4 is 45.1 Å². The molecular weight excluding hydrogens is 470 g/mol. The molecule has 1 atom stereocenters. The Morgan fingerprint density at radius 1 is 1.06 bits per heavy atom. The second kappa shape index (κ2) is 10.3. The number of hydrogen-bond acceptors (Lipinski definition) is 6. The van der Waals surface area contributed by atoms with Gasteiger partial charge in [-0.1, -0.05) is 11.6 Å². The fraction of sp³-hybridized carbons (Fsp3) is 0.318. The van der Waals surface area contributed by atoms with Crippen LogP contribution < -0.4 is 10.5 Å². The number of nitrogens with one attached hydrogen (secondary N) is 1. The molecule has 1 fully saturated rings. The first kappa shape index (κ1) is 24.7. The van der Waals surface area contributed by atoms with Gasteiger partial charge in [-0.25, -0.2) is 13.6 Å². The smallest absolute Gasteiger partial charge is 0.309 e. The number of likely N-dealkylation sites (tertiary alicyclic amines) is 1. The lowest BCUT2D eigenvalue weighted by atomic mass is 9.96. The molecule has 11 heteroatoms. The molecule has 0 aromatic heterocycles. The first-order valence-corrected chi connectivity index (χ1v) is 12.2. The van der Waals surface area contributed by atoms with Crippen molar-refractivity contribution in [2.45, 2.75) is 30.8 Å². The van der Waals surface area contributed by atoms with Gasteiger partial charge in [-0.3, -0.25) is 14.4 Å². The topological polar surface area (TPSA) is 136 Å². The molecule has 3 N–H and O–H groups in total. The molecule has 1 aliphatic rings. The van der Waals surface area contributed by atoms with Gasteiger partial charge in [0.25, 0.3) is 11.8 Å². The van der Waals surface area contributed by atoms with Gasteiger partial charge < -0.3 is 15.0 Å². The number of nitrogens with two attached hydrogens (primary N) is 1. The molecule has 0 radical (unpaired) electrons. The van der Waals surface area contributed by atoms with Crippen LogP contribution in [0.3, 0.4) is 0 Å². The minimum atomic E-state index is -3.83. The molecule has 1 saturated heterocycles. The van der Waals surface area contributed by atoms with Crippen molar-refractivity contribution in [3.05, 3.63) is 59.1 Å². The second-order valence-electron chi connectivity index (χ2n) is 7.71. The number of halogens is 1. The van der Waals surface area contributed by atoms with Crippen LogP contribution in [0.25, 0.3) is 0 Å². The van der Waals surface area contributed by atoms with Crippen molar-refractivity contribution in [1.29, 1.82) is 0 Å². The van der Waals surface area contributed by atoms with E-state index in [1.807, 2.05) is 0 Å². The van der Waals surface area contributed by atoms with Gasteiger partial charge in [0.05, 0.1) is 10.8 Å². The molecule has 2 amide bonds. The van der Waals surface area contributed by atoms with Crippen molar-refractivity contribution in [2.24, 2.45) is 11.1 Å². The van der Waals surface area contributed by atoms with Gasteiger partial charge in [-0.15, -0.1) is 0 Å². The van der Waals surface area contributed by atoms with Crippen molar-refractivity contribution in [3.63, 3.8) is 0 Å². The molecule has 1 unspecified atom stereocenters. The molecule has 2 aromatic rings. The zero-order chi connectivity index (χ0) is 24.2. The van der Waals surface area contributed by atoms with Crippen molar-refractivity contribution in [3.8, 4) is 0 Å². The maximum absolute atomic E-state index is 12.6. The highest BCUT2D eigenvalue weighted by molar-refractivity contribution is 7.89. The fourth-order valence-electron chi connectivity index (χ4n) is 3.39. The Hall–Kier alpha value is -2.95. The Balaban J connectivity index is 1.48. The lowest BCUT2D eigenvalue weighted by molar-refractivity contribution is -0.158. The van der Waals surface area contributed by atoms with Gasteiger partial charge >= 0.3 is 5.97 Å². The number of piperidine rings is 1. The number of amides is 2. The number of carbonyl (C=O) groups excluding carboxylic acids is 3. The summed E-state index contributed by atoms with van der Waals surface area (Å²) in [6.45, 7) is 2.25. The Morgan fingerprint density at radius 2 is 1.64 bits per heavy atom. The van der Waals surface area contributed by atoms with Crippen LogP contribution in [0.4, 0.5) is 5.69 Å². The number of sulfonamides is 1. The quantitative estimate of drug-likeness (QED) is 0.593. The molecule has 1 heterocycles. The summed E-state index contributed by atoms with van der Waals surface area (Å²) in [7, 11) is -3.83. The van der Waals surface area contributed by atoms with E-state index in [4.69, 9.17) is 21.5 Å². The lowest BCUT2D eigenvalue weighted by Gasteiger charge is -2.31. The molecule has 0 bridgehead atoms. The van der Waals surface area contributed by atoms with E-state index in [9.17, 15) is 22.8 Å². The number of benzene rings is 2. The molecule has 3 rings (SSSR count). The third-order valence-electron chi connectivity index (χ3n) is 5.32. The predicted molar refractivity (Wildman–Crippen MR) is 122 cm³/mol. The third kappa shape index (κ3) is 6.53. The Bertz CT molecular complexity index is 1130. The van der Waals surface area contributed by atoms with Crippen LogP contribution in [0.2, 0.25) is 5.02 Å². The van der Waals surface area contributed by atoms with E-state index < -0.39 is 33.9 Å². The number of ether oxygens (including phenoxy) is 1. The molecular formula is C22H24ClN3O6S. The summed E-state index contributed by atoms with van der Waals surface area (Å²) in [6, 6.07) is 11.9. The van der Waals surface area contributed by atoms with Crippen LogP contribution >= 0.6 is 11.6 Å². The SMILES string of the molecule is CC(OC(=O)C1CCN(C(=O)c2ccc(Cl)cc2)CC1)C(=O)Nc1ccc(S(N)(=O)=O)cc1. The second-order valence-corrected chi connectivity index (χ2v) is 9.71. The monoisotopic (exact) mass is 493 g/mol. The molecule has 176 valence electrons. The van der Waals surface area contributed by atoms with E-state index in [-0.39, 0.29) is 10.8 Å². The highest BCUT2D eigenvalue weighted by Gasteiger charge is 2.30. The summed E-state index contributed by atoms with van der Waals surface area (Å²) in [5, 5.41) is 8.15. The summed E-state index contributed by atoms with van der Waals surface area (Å²) in [5.74, 6) is -1.59. The summed E-state index contributed by atoms with van der Waals surface area (Å²) >= 11 is 5.86. The predicted octanol–water partition coefficient (Wildman–Crippen LogP) is 2.41. The minimum absolute atomic E-state index is 0.0825. The average Bonchev–Trinajstić information content (AvgIpc) is 2.79. The van der Waals surface area contributed by atoms with Gasteiger partial charge in [-0.05, 0) is 68.3 Å².